The van der Waals surface area contributed by atoms with Crippen LogP contribution in [0.25, 0.3) is 22.4 Å². The second-order valence-electron chi connectivity index (χ2n) is 7.66. The molecule has 1 aliphatic heterocycles. The third-order valence-electron chi connectivity index (χ3n) is 5.77. The molecule has 0 bridgehead atoms. The lowest BCUT2D eigenvalue weighted by molar-refractivity contribution is -0.662. The van der Waals surface area contributed by atoms with Crippen molar-refractivity contribution >= 4 is 39.9 Å². The van der Waals surface area contributed by atoms with Crippen LogP contribution in [-0.4, -0.2) is 11.6 Å². The summed E-state index contributed by atoms with van der Waals surface area (Å²) in [5, 5.41) is 1.01. The summed E-state index contributed by atoms with van der Waals surface area (Å²) in [5.41, 5.74) is 4.59. The van der Waals surface area contributed by atoms with Crippen LogP contribution in [0.5, 0.6) is 0 Å². The molecular weight excluding hydrogens is 434 g/mol. The first-order valence-corrected chi connectivity index (χ1v) is 12.2. The lowest BCUT2D eigenvalue weighted by Crippen LogP contribution is -2.36. The average molecular weight is 459 g/mol. The summed E-state index contributed by atoms with van der Waals surface area (Å²) in [6.45, 7) is 2.67. The normalized spacial score (nSPS) is 15.3. The van der Waals surface area contributed by atoms with Gasteiger partial charge in [-0.25, -0.2) is 0 Å². The monoisotopic (exact) mass is 458 g/mol. The first kappa shape index (κ1) is 20.8. The highest BCUT2D eigenvalue weighted by Gasteiger charge is 2.24. The van der Waals surface area contributed by atoms with Crippen molar-refractivity contribution in [2.75, 3.05) is 11.9 Å². The van der Waals surface area contributed by atoms with E-state index < -0.39 is 0 Å². The number of fused-ring (bicyclic) bond motifs is 1. The lowest BCUT2D eigenvalue weighted by atomic mass is 10.1. The van der Waals surface area contributed by atoms with Crippen LogP contribution in [0.15, 0.2) is 82.5 Å². The lowest BCUT2D eigenvalue weighted by Gasteiger charge is -2.11. The number of nitrogens with zero attached hydrogens (tertiary/aromatic N) is 3. The second-order valence-corrected chi connectivity index (χ2v) is 9.72. The zero-order valence-corrected chi connectivity index (χ0v) is 19.9. The highest BCUT2D eigenvalue weighted by Crippen LogP contribution is 2.44. The fourth-order valence-electron chi connectivity index (χ4n) is 4.04. The Morgan fingerprint density at radius 1 is 0.969 bits per heavy atom. The highest BCUT2D eigenvalue weighted by molar-refractivity contribution is 8.08. The smallest absolute Gasteiger partial charge is 0.271 e. The Bertz CT molecular complexity index is 1490. The van der Waals surface area contributed by atoms with E-state index in [-0.39, 0.29) is 5.56 Å². The van der Waals surface area contributed by atoms with E-state index in [9.17, 15) is 4.79 Å². The largest absolute Gasteiger partial charge is 0.337 e. The highest BCUT2D eigenvalue weighted by atomic mass is 32.2. The van der Waals surface area contributed by atoms with Gasteiger partial charge in [0.2, 0.25) is 11.4 Å². The van der Waals surface area contributed by atoms with E-state index in [1.807, 2.05) is 36.7 Å². The van der Waals surface area contributed by atoms with Crippen LogP contribution in [-0.2, 0) is 13.6 Å². The predicted molar refractivity (Wildman–Crippen MR) is 134 cm³/mol. The number of aromatic nitrogens is 2. The Hall–Kier alpha value is -3.09. The van der Waals surface area contributed by atoms with Gasteiger partial charge in [0.15, 0.2) is 0 Å². The number of benzene rings is 2. The maximum Gasteiger partial charge on any atom is 0.271 e. The summed E-state index contributed by atoms with van der Waals surface area (Å²) in [7, 11) is 4.11. The second kappa shape index (κ2) is 8.45. The van der Waals surface area contributed by atoms with E-state index in [1.165, 1.54) is 10.5 Å². The molecule has 0 saturated carbocycles. The van der Waals surface area contributed by atoms with Crippen LogP contribution in [0.1, 0.15) is 12.6 Å². The minimum atomic E-state index is 0.0766. The first-order chi connectivity index (χ1) is 15.6. The summed E-state index contributed by atoms with van der Waals surface area (Å²) in [4.78, 5) is 16.7. The van der Waals surface area contributed by atoms with Crippen molar-refractivity contribution in [2.24, 2.45) is 7.05 Å². The van der Waals surface area contributed by atoms with Gasteiger partial charge in [-0.05, 0) is 37.3 Å². The van der Waals surface area contributed by atoms with Crippen molar-refractivity contribution in [1.82, 2.24) is 4.57 Å². The number of hydrogen-bond donors (Lipinski definition) is 0. The van der Waals surface area contributed by atoms with Crippen LogP contribution in [0, 0.1) is 0 Å². The number of thiazole rings is 1. The molecule has 160 valence electrons. The first-order valence-electron chi connectivity index (χ1n) is 10.6. The fraction of sp³-hybridized carbons (Fsp3) is 0.154. The van der Waals surface area contributed by atoms with E-state index in [2.05, 4.69) is 77.2 Å². The van der Waals surface area contributed by atoms with E-state index in [1.54, 1.807) is 23.1 Å². The Morgan fingerprint density at radius 2 is 1.72 bits per heavy atom. The SMILES string of the molecule is CCn1c(=O)/c(=C2\Sc3ccccc3N2C)s/c1=C\c1cccc(-c2ccccc2)[n+]1C. The van der Waals surface area contributed by atoms with E-state index in [4.69, 9.17) is 0 Å². The molecule has 2 aromatic heterocycles. The number of para-hydroxylation sites is 1. The maximum atomic E-state index is 13.4. The predicted octanol–water partition coefficient (Wildman–Crippen LogP) is 3.56. The van der Waals surface area contributed by atoms with Gasteiger partial charge in [-0.1, -0.05) is 42.1 Å². The van der Waals surface area contributed by atoms with Gasteiger partial charge in [-0.15, -0.1) is 11.3 Å². The van der Waals surface area contributed by atoms with Gasteiger partial charge >= 0.3 is 0 Å². The molecule has 0 N–H and O–H groups in total. The van der Waals surface area contributed by atoms with Crippen LogP contribution < -0.4 is 24.2 Å². The van der Waals surface area contributed by atoms with E-state index >= 15 is 0 Å². The molecule has 0 unspecified atom stereocenters. The molecule has 0 aliphatic carbocycles. The van der Waals surface area contributed by atoms with Crippen molar-refractivity contribution < 1.29 is 4.57 Å². The third-order valence-corrected chi connectivity index (χ3v) is 8.26. The number of pyridine rings is 1. The summed E-state index contributed by atoms with van der Waals surface area (Å²) in [6, 6.07) is 24.9. The van der Waals surface area contributed by atoms with Crippen molar-refractivity contribution in [3.63, 3.8) is 0 Å². The number of anilines is 1. The van der Waals surface area contributed by atoms with Gasteiger partial charge in [0.1, 0.15) is 21.3 Å². The molecule has 3 heterocycles. The molecular formula is C26H24N3OS2+. The van der Waals surface area contributed by atoms with Crippen molar-refractivity contribution in [3.05, 3.63) is 98.0 Å². The van der Waals surface area contributed by atoms with E-state index in [0.717, 1.165) is 31.3 Å². The van der Waals surface area contributed by atoms with Gasteiger partial charge in [-0.3, -0.25) is 9.36 Å². The summed E-state index contributed by atoms with van der Waals surface area (Å²) >= 11 is 3.24. The molecule has 0 fully saturated rings. The zero-order chi connectivity index (χ0) is 22.2. The molecule has 4 nitrogen and oxygen atoms in total. The minimum absolute atomic E-state index is 0.0766. The summed E-state index contributed by atoms with van der Waals surface area (Å²) < 4.78 is 5.81. The minimum Gasteiger partial charge on any atom is -0.337 e. The molecule has 0 atom stereocenters. The average Bonchev–Trinajstić information content (AvgIpc) is 3.31. The standard InChI is InChI=1S/C26H24N3OS2/c1-4-29-23(17-19-13-10-15-20(27(19)2)18-11-6-5-7-12-18)32-24(25(29)30)26-28(3)21-14-8-9-16-22(21)31-26/h5-17H,4H2,1-3H3/q+1/b26-24+. The number of thioether (sulfide) groups is 1. The van der Waals surface area contributed by atoms with Crippen LogP contribution >= 0.6 is 23.1 Å². The molecule has 6 heteroatoms. The van der Waals surface area contributed by atoms with Crippen LogP contribution in [0.3, 0.4) is 0 Å². The molecule has 0 radical (unpaired) electrons. The molecule has 0 spiro atoms. The molecule has 5 rings (SSSR count). The summed E-state index contributed by atoms with van der Waals surface area (Å²) in [6.07, 6.45) is 2.12. The quantitative estimate of drug-likeness (QED) is 0.440. The Morgan fingerprint density at radius 3 is 2.47 bits per heavy atom. The molecule has 0 amide bonds. The number of rotatable bonds is 3. The van der Waals surface area contributed by atoms with Crippen molar-refractivity contribution in [2.45, 2.75) is 18.4 Å². The molecule has 4 aromatic rings. The Balaban J connectivity index is 1.68. The maximum absolute atomic E-state index is 13.4. The molecule has 2 aromatic carbocycles. The van der Waals surface area contributed by atoms with Crippen LogP contribution in [0.4, 0.5) is 5.69 Å². The third kappa shape index (κ3) is 3.49. The van der Waals surface area contributed by atoms with Gasteiger partial charge < -0.3 is 4.90 Å². The zero-order valence-electron chi connectivity index (χ0n) is 18.3. The van der Waals surface area contributed by atoms with Crippen molar-refractivity contribution in [1.29, 1.82) is 0 Å². The van der Waals surface area contributed by atoms with Gasteiger partial charge in [0.05, 0.1) is 5.69 Å². The fourth-order valence-corrected chi connectivity index (χ4v) is 6.50. The van der Waals surface area contributed by atoms with Gasteiger partial charge in [-0.2, -0.15) is 4.57 Å². The molecule has 32 heavy (non-hydrogen) atoms. The van der Waals surface area contributed by atoms with Gasteiger partial charge in [0, 0.05) is 42.3 Å². The Kier molecular flexibility index (Phi) is 5.49. The van der Waals surface area contributed by atoms with Crippen molar-refractivity contribution in [3.8, 4) is 11.3 Å². The van der Waals surface area contributed by atoms with Gasteiger partial charge in [0.25, 0.3) is 5.56 Å². The number of hydrogen-bond acceptors (Lipinski definition) is 4. The molecule has 1 aliphatic rings. The topological polar surface area (TPSA) is 29.1 Å². The Labute approximate surface area is 195 Å². The summed E-state index contributed by atoms with van der Waals surface area (Å²) in [5.74, 6) is 0. The van der Waals surface area contributed by atoms with Crippen LogP contribution in [0.2, 0.25) is 0 Å². The van der Waals surface area contributed by atoms with E-state index in [0.29, 0.717) is 6.54 Å². The molecule has 0 saturated heterocycles.